The van der Waals surface area contributed by atoms with Gasteiger partial charge in [0.05, 0.1) is 12.2 Å². The number of hydrogen-bond acceptors (Lipinski definition) is 6. The Kier molecular flexibility index (Phi) is 4.12. The second kappa shape index (κ2) is 6.08. The molecule has 0 unspecified atom stereocenters. The van der Waals surface area contributed by atoms with Crippen molar-refractivity contribution in [2.75, 3.05) is 5.32 Å². The largest absolute Gasteiger partial charge is 0.364 e. The minimum Gasteiger partial charge on any atom is -0.364 e. The maximum absolute atomic E-state index is 4.62. The van der Waals surface area contributed by atoms with E-state index in [4.69, 9.17) is 0 Å². The van der Waals surface area contributed by atoms with E-state index in [-0.39, 0.29) is 5.41 Å². The van der Waals surface area contributed by atoms with Crippen LogP contribution in [0.4, 0.5) is 5.82 Å². The molecule has 0 aliphatic heterocycles. The van der Waals surface area contributed by atoms with Crippen molar-refractivity contribution in [3.63, 3.8) is 0 Å². The van der Waals surface area contributed by atoms with Crippen molar-refractivity contribution in [2.24, 2.45) is 7.05 Å². The summed E-state index contributed by atoms with van der Waals surface area (Å²) >= 11 is 1.60. The molecule has 0 radical (unpaired) electrons. The predicted octanol–water partition coefficient (Wildman–Crippen LogP) is 3.24. The number of hydrogen-bond donors (Lipinski definition) is 1. The summed E-state index contributed by atoms with van der Waals surface area (Å²) in [5, 5.41) is 10.7. The van der Waals surface area contributed by atoms with Gasteiger partial charge in [-0.3, -0.25) is 4.68 Å². The molecule has 3 heterocycles. The van der Waals surface area contributed by atoms with Gasteiger partial charge < -0.3 is 5.32 Å². The molecule has 3 rings (SSSR count). The first-order valence-electron chi connectivity index (χ1n) is 7.43. The number of anilines is 1. The van der Waals surface area contributed by atoms with Gasteiger partial charge in [0.25, 0.3) is 0 Å². The zero-order valence-corrected chi connectivity index (χ0v) is 14.6. The monoisotopic (exact) mass is 328 g/mol. The number of aryl methyl sites for hydroxylation is 1. The maximum Gasteiger partial charge on any atom is 0.144 e. The highest BCUT2D eigenvalue weighted by Crippen LogP contribution is 2.22. The number of thiazole rings is 1. The third-order valence-electron chi connectivity index (χ3n) is 3.26. The standard InChI is InChI=1S/C16H20N6S/c1-16(2,3)15-17-7-5-13(20-15)18-9-11-10-23-14(19-11)12-6-8-22(4)21-12/h5-8,10H,9H2,1-4H3,(H,17,18,20). The first kappa shape index (κ1) is 15.6. The Morgan fingerprint density at radius 1 is 1.22 bits per heavy atom. The van der Waals surface area contributed by atoms with Crippen LogP contribution in [0.15, 0.2) is 29.9 Å². The first-order valence-corrected chi connectivity index (χ1v) is 8.31. The van der Waals surface area contributed by atoms with Crippen molar-refractivity contribution in [1.82, 2.24) is 24.7 Å². The van der Waals surface area contributed by atoms with Gasteiger partial charge >= 0.3 is 0 Å². The normalized spacial score (nSPS) is 11.7. The van der Waals surface area contributed by atoms with Gasteiger partial charge in [-0.2, -0.15) is 5.10 Å². The number of nitrogens with zero attached hydrogens (tertiary/aromatic N) is 5. The van der Waals surface area contributed by atoms with Crippen molar-refractivity contribution >= 4 is 17.2 Å². The summed E-state index contributed by atoms with van der Waals surface area (Å²) in [6.45, 7) is 6.94. The summed E-state index contributed by atoms with van der Waals surface area (Å²) in [7, 11) is 1.90. The third kappa shape index (κ3) is 3.73. The highest BCUT2D eigenvalue weighted by atomic mass is 32.1. The van der Waals surface area contributed by atoms with Gasteiger partial charge in [-0.25, -0.2) is 15.0 Å². The minimum absolute atomic E-state index is 0.0650. The lowest BCUT2D eigenvalue weighted by Crippen LogP contribution is -2.16. The summed E-state index contributed by atoms with van der Waals surface area (Å²) in [5.74, 6) is 1.65. The molecule has 120 valence electrons. The quantitative estimate of drug-likeness (QED) is 0.796. The Morgan fingerprint density at radius 2 is 2.04 bits per heavy atom. The average molecular weight is 328 g/mol. The van der Waals surface area contributed by atoms with Crippen molar-refractivity contribution in [2.45, 2.75) is 32.7 Å². The van der Waals surface area contributed by atoms with Crippen LogP contribution in [0.3, 0.4) is 0 Å². The Hall–Kier alpha value is -2.28. The fraction of sp³-hybridized carbons (Fsp3) is 0.375. The van der Waals surface area contributed by atoms with Crippen LogP contribution < -0.4 is 5.32 Å². The fourth-order valence-electron chi connectivity index (χ4n) is 2.03. The van der Waals surface area contributed by atoms with Gasteiger partial charge in [-0.05, 0) is 12.1 Å². The molecule has 0 amide bonds. The van der Waals surface area contributed by atoms with Crippen LogP contribution in [-0.2, 0) is 19.0 Å². The van der Waals surface area contributed by atoms with Crippen LogP contribution >= 0.6 is 11.3 Å². The van der Waals surface area contributed by atoms with E-state index >= 15 is 0 Å². The topological polar surface area (TPSA) is 68.5 Å². The van der Waals surface area contributed by atoms with Gasteiger partial charge in [0.15, 0.2) is 0 Å². The molecule has 0 aliphatic rings. The Morgan fingerprint density at radius 3 is 2.74 bits per heavy atom. The summed E-state index contributed by atoms with van der Waals surface area (Å²) in [6, 6.07) is 3.84. The predicted molar refractivity (Wildman–Crippen MR) is 92.4 cm³/mol. The summed E-state index contributed by atoms with van der Waals surface area (Å²) < 4.78 is 1.78. The summed E-state index contributed by atoms with van der Waals surface area (Å²) in [4.78, 5) is 13.5. The van der Waals surface area contributed by atoms with Crippen molar-refractivity contribution in [3.8, 4) is 10.7 Å². The molecule has 6 nitrogen and oxygen atoms in total. The molecule has 0 spiro atoms. The number of aromatic nitrogens is 5. The lowest BCUT2D eigenvalue weighted by molar-refractivity contribution is 0.546. The van der Waals surface area contributed by atoms with Crippen LogP contribution in [0.5, 0.6) is 0 Å². The molecule has 0 saturated carbocycles. The molecule has 3 aromatic heterocycles. The van der Waals surface area contributed by atoms with E-state index in [1.165, 1.54) is 0 Å². The third-order valence-corrected chi connectivity index (χ3v) is 4.18. The van der Waals surface area contributed by atoms with Gasteiger partial charge in [0.1, 0.15) is 22.3 Å². The number of nitrogens with one attached hydrogen (secondary N) is 1. The van der Waals surface area contributed by atoms with E-state index in [9.17, 15) is 0 Å². The summed E-state index contributed by atoms with van der Waals surface area (Å²) in [6.07, 6.45) is 3.71. The molecular weight excluding hydrogens is 308 g/mol. The highest BCUT2D eigenvalue weighted by molar-refractivity contribution is 7.13. The van der Waals surface area contributed by atoms with Crippen LogP contribution in [0.25, 0.3) is 10.7 Å². The molecule has 0 saturated heterocycles. The second-order valence-corrected chi connectivity index (χ2v) is 7.25. The van der Waals surface area contributed by atoms with E-state index in [1.54, 1.807) is 22.2 Å². The summed E-state index contributed by atoms with van der Waals surface area (Å²) in [5.41, 5.74) is 1.82. The highest BCUT2D eigenvalue weighted by Gasteiger charge is 2.17. The van der Waals surface area contributed by atoms with Gasteiger partial charge in [-0.1, -0.05) is 20.8 Å². The van der Waals surface area contributed by atoms with Crippen molar-refractivity contribution < 1.29 is 0 Å². The van der Waals surface area contributed by atoms with E-state index in [0.717, 1.165) is 28.0 Å². The van der Waals surface area contributed by atoms with Gasteiger partial charge in [0, 0.05) is 30.2 Å². The first-order chi connectivity index (χ1) is 10.9. The van der Waals surface area contributed by atoms with Gasteiger partial charge in [0.2, 0.25) is 0 Å². The van der Waals surface area contributed by atoms with E-state index in [1.807, 2.05) is 30.8 Å². The molecule has 0 atom stereocenters. The molecule has 23 heavy (non-hydrogen) atoms. The number of rotatable bonds is 4. The Labute approximate surface area is 139 Å². The zero-order valence-electron chi connectivity index (χ0n) is 13.7. The van der Waals surface area contributed by atoms with E-state index < -0.39 is 0 Å². The SMILES string of the molecule is Cn1ccc(-c2nc(CNc3ccnc(C(C)(C)C)n3)cs2)n1. The van der Waals surface area contributed by atoms with Crippen molar-refractivity contribution in [1.29, 1.82) is 0 Å². The smallest absolute Gasteiger partial charge is 0.144 e. The van der Waals surface area contributed by atoms with Crippen LogP contribution in [0, 0.1) is 0 Å². The van der Waals surface area contributed by atoms with Crippen LogP contribution in [-0.4, -0.2) is 24.7 Å². The molecule has 0 fully saturated rings. The Bertz CT molecular complexity index is 799. The lowest BCUT2D eigenvalue weighted by Gasteiger charge is -2.16. The van der Waals surface area contributed by atoms with E-state index in [2.05, 4.69) is 46.1 Å². The molecule has 0 bridgehead atoms. The average Bonchev–Trinajstić information content (AvgIpc) is 3.13. The molecule has 0 aliphatic carbocycles. The van der Waals surface area contributed by atoms with Crippen LogP contribution in [0.1, 0.15) is 32.3 Å². The molecular formula is C16H20N6S. The maximum atomic E-state index is 4.62. The molecule has 0 aromatic carbocycles. The molecule has 7 heteroatoms. The second-order valence-electron chi connectivity index (χ2n) is 6.39. The lowest BCUT2D eigenvalue weighted by atomic mass is 9.96. The fourth-order valence-corrected chi connectivity index (χ4v) is 2.82. The minimum atomic E-state index is -0.0650. The Balaban J connectivity index is 1.68. The molecule has 1 N–H and O–H groups in total. The molecule has 3 aromatic rings. The van der Waals surface area contributed by atoms with Gasteiger partial charge in [-0.15, -0.1) is 11.3 Å². The van der Waals surface area contributed by atoms with E-state index in [0.29, 0.717) is 6.54 Å². The van der Waals surface area contributed by atoms with Crippen molar-refractivity contribution in [3.05, 3.63) is 41.4 Å². The van der Waals surface area contributed by atoms with Crippen LogP contribution in [0.2, 0.25) is 0 Å². The zero-order chi connectivity index (χ0) is 16.4.